The second-order valence-corrected chi connectivity index (χ2v) is 5.59. The minimum absolute atomic E-state index is 0.120. The van der Waals surface area contributed by atoms with Crippen molar-refractivity contribution in [3.63, 3.8) is 0 Å². The molecule has 1 aromatic carbocycles. The standard InChI is InChI=1S/C16H19ClN2O/c1-10-4-5-15(14(17)6-10)20-16-11(2)7-13(9-19-16)8-12(3)18/h4-7,9,12H,8,18H2,1-3H3. The van der Waals surface area contributed by atoms with Crippen LogP contribution in [-0.2, 0) is 6.42 Å². The molecule has 0 bridgehead atoms. The van der Waals surface area contributed by atoms with Crippen LogP contribution in [0.3, 0.4) is 0 Å². The van der Waals surface area contributed by atoms with Gasteiger partial charge in [0.1, 0.15) is 5.75 Å². The quantitative estimate of drug-likeness (QED) is 0.924. The molecule has 1 heterocycles. The van der Waals surface area contributed by atoms with Gasteiger partial charge in [-0.25, -0.2) is 4.98 Å². The number of aromatic nitrogens is 1. The first-order valence-corrected chi connectivity index (χ1v) is 6.98. The minimum atomic E-state index is 0.120. The van der Waals surface area contributed by atoms with Crippen LogP contribution in [0.2, 0.25) is 5.02 Å². The van der Waals surface area contributed by atoms with Gasteiger partial charge in [-0.1, -0.05) is 17.7 Å². The molecule has 2 rings (SSSR count). The smallest absolute Gasteiger partial charge is 0.222 e. The number of pyridine rings is 1. The SMILES string of the molecule is Cc1ccc(Oc2ncc(CC(C)N)cc2C)c(Cl)c1. The fraction of sp³-hybridized carbons (Fsp3) is 0.312. The lowest BCUT2D eigenvalue weighted by Gasteiger charge is -2.11. The molecule has 0 spiro atoms. The van der Waals surface area contributed by atoms with Crippen LogP contribution in [-0.4, -0.2) is 11.0 Å². The second kappa shape index (κ2) is 6.25. The summed E-state index contributed by atoms with van der Waals surface area (Å²) in [5.74, 6) is 1.19. The van der Waals surface area contributed by atoms with Crippen LogP contribution in [0.25, 0.3) is 0 Å². The van der Waals surface area contributed by atoms with Crippen molar-refractivity contribution in [1.82, 2.24) is 4.98 Å². The normalized spacial score (nSPS) is 12.2. The number of nitrogens with two attached hydrogens (primary N) is 1. The lowest BCUT2D eigenvalue weighted by molar-refractivity contribution is 0.458. The van der Waals surface area contributed by atoms with Crippen LogP contribution in [0.5, 0.6) is 11.6 Å². The summed E-state index contributed by atoms with van der Waals surface area (Å²) in [6, 6.07) is 7.86. The molecule has 0 saturated carbocycles. The summed E-state index contributed by atoms with van der Waals surface area (Å²) in [7, 11) is 0. The number of ether oxygens (including phenoxy) is 1. The van der Waals surface area contributed by atoms with Gasteiger partial charge in [0.15, 0.2) is 0 Å². The van der Waals surface area contributed by atoms with Gasteiger partial charge in [-0.05, 0) is 56.5 Å². The number of benzene rings is 1. The summed E-state index contributed by atoms with van der Waals surface area (Å²) < 4.78 is 5.78. The Hall–Kier alpha value is -1.58. The highest BCUT2D eigenvalue weighted by Crippen LogP contribution is 2.30. The molecule has 0 fully saturated rings. The van der Waals surface area contributed by atoms with Crippen LogP contribution in [0.1, 0.15) is 23.6 Å². The predicted octanol–water partition coefficient (Wildman–Crippen LogP) is 4.03. The molecule has 1 atom stereocenters. The van der Waals surface area contributed by atoms with Crippen molar-refractivity contribution in [3.8, 4) is 11.6 Å². The Morgan fingerprint density at radius 2 is 2.05 bits per heavy atom. The van der Waals surface area contributed by atoms with E-state index in [2.05, 4.69) is 4.98 Å². The van der Waals surface area contributed by atoms with E-state index in [0.717, 1.165) is 23.1 Å². The van der Waals surface area contributed by atoms with E-state index in [-0.39, 0.29) is 6.04 Å². The Balaban J connectivity index is 2.21. The molecule has 1 unspecified atom stereocenters. The Bertz CT molecular complexity index is 611. The van der Waals surface area contributed by atoms with E-state index in [1.54, 1.807) is 6.20 Å². The zero-order valence-corrected chi connectivity index (χ0v) is 12.7. The maximum atomic E-state index is 6.16. The Morgan fingerprint density at radius 1 is 1.30 bits per heavy atom. The third-order valence-electron chi connectivity index (χ3n) is 2.94. The Kier molecular flexibility index (Phi) is 4.63. The van der Waals surface area contributed by atoms with Crippen molar-refractivity contribution in [2.75, 3.05) is 0 Å². The van der Waals surface area contributed by atoms with Gasteiger partial charge in [0, 0.05) is 17.8 Å². The number of rotatable bonds is 4. The van der Waals surface area contributed by atoms with Gasteiger partial charge in [-0.3, -0.25) is 0 Å². The Morgan fingerprint density at radius 3 is 2.65 bits per heavy atom. The van der Waals surface area contributed by atoms with E-state index in [4.69, 9.17) is 22.1 Å². The van der Waals surface area contributed by atoms with E-state index in [1.165, 1.54) is 0 Å². The summed E-state index contributed by atoms with van der Waals surface area (Å²) in [5, 5.41) is 0.589. The van der Waals surface area contributed by atoms with Crippen LogP contribution >= 0.6 is 11.6 Å². The monoisotopic (exact) mass is 290 g/mol. The second-order valence-electron chi connectivity index (χ2n) is 5.18. The molecule has 0 aliphatic heterocycles. The molecule has 2 N–H and O–H groups in total. The minimum Gasteiger partial charge on any atom is -0.437 e. The number of halogens is 1. The first-order chi connectivity index (χ1) is 9.45. The topological polar surface area (TPSA) is 48.1 Å². The average Bonchev–Trinajstić information content (AvgIpc) is 2.34. The molecular weight excluding hydrogens is 272 g/mol. The van der Waals surface area contributed by atoms with E-state index >= 15 is 0 Å². The fourth-order valence-corrected chi connectivity index (χ4v) is 2.28. The molecule has 0 saturated heterocycles. The molecular formula is C16H19ClN2O. The predicted molar refractivity (Wildman–Crippen MR) is 82.6 cm³/mol. The maximum absolute atomic E-state index is 6.16. The third kappa shape index (κ3) is 3.71. The summed E-state index contributed by atoms with van der Waals surface area (Å²) in [6.07, 6.45) is 2.60. The lowest BCUT2D eigenvalue weighted by atomic mass is 10.1. The first kappa shape index (κ1) is 14.8. The first-order valence-electron chi connectivity index (χ1n) is 6.61. The van der Waals surface area contributed by atoms with E-state index in [0.29, 0.717) is 16.7 Å². The molecule has 0 amide bonds. The van der Waals surface area contributed by atoms with Gasteiger partial charge >= 0.3 is 0 Å². The van der Waals surface area contributed by atoms with Crippen molar-refractivity contribution < 1.29 is 4.74 Å². The molecule has 0 aliphatic carbocycles. The van der Waals surface area contributed by atoms with Gasteiger partial charge in [0.05, 0.1) is 5.02 Å². The van der Waals surface area contributed by atoms with Crippen LogP contribution in [0, 0.1) is 13.8 Å². The van der Waals surface area contributed by atoms with Gasteiger partial charge in [0.25, 0.3) is 0 Å². The fourth-order valence-electron chi connectivity index (χ4n) is 2.00. The summed E-state index contributed by atoms with van der Waals surface area (Å²) in [6.45, 7) is 5.93. The zero-order chi connectivity index (χ0) is 14.7. The molecule has 2 aromatic rings. The van der Waals surface area contributed by atoms with Crippen molar-refractivity contribution in [1.29, 1.82) is 0 Å². The highest BCUT2D eigenvalue weighted by atomic mass is 35.5. The number of hydrogen-bond donors (Lipinski definition) is 1. The highest BCUT2D eigenvalue weighted by molar-refractivity contribution is 6.32. The van der Waals surface area contributed by atoms with Gasteiger partial charge in [-0.2, -0.15) is 0 Å². The molecule has 106 valence electrons. The van der Waals surface area contributed by atoms with Crippen molar-refractivity contribution in [3.05, 3.63) is 52.2 Å². The number of nitrogens with zero attached hydrogens (tertiary/aromatic N) is 1. The van der Waals surface area contributed by atoms with E-state index in [9.17, 15) is 0 Å². The lowest BCUT2D eigenvalue weighted by Crippen LogP contribution is -2.17. The Labute approximate surface area is 124 Å². The number of hydrogen-bond acceptors (Lipinski definition) is 3. The van der Waals surface area contributed by atoms with Crippen molar-refractivity contribution >= 4 is 11.6 Å². The molecule has 4 heteroatoms. The van der Waals surface area contributed by atoms with E-state index in [1.807, 2.05) is 45.0 Å². The van der Waals surface area contributed by atoms with Gasteiger partial charge in [-0.15, -0.1) is 0 Å². The molecule has 20 heavy (non-hydrogen) atoms. The van der Waals surface area contributed by atoms with E-state index < -0.39 is 0 Å². The molecule has 0 aliphatic rings. The highest BCUT2D eigenvalue weighted by Gasteiger charge is 2.08. The average molecular weight is 291 g/mol. The molecule has 0 radical (unpaired) electrons. The van der Waals surface area contributed by atoms with Gasteiger partial charge < -0.3 is 10.5 Å². The van der Waals surface area contributed by atoms with Crippen LogP contribution < -0.4 is 10.5 Å². The maximum Gasteiger partial charge on any atom is 0.222 e. The van der Waals surface area contributed by atoms with Gasteiger partial charge in [0.2, 0.25) is 5.88 Å². The molecule has 1 aromatic heterocycles. The zero-order valence-electron chi connectivity index (χ0n) is 12.0. The van der Waals surface area contributed by atoms with Crippen molar-refractivity contribution in [2.24, 2.45) is 5.73 Å². The summed E-state index contributed by atoms with van der Waals surface area (Å²) >= 11 is 6.16. The van der Waals surface area contributed by atoms with Crippen molar-refractivity contribution in [2.45, 2.75) is 33.2 Å². The summed E-state index contributed by atoms with van der Waals surface area (Å²) in [5.41, 5.74) is 8.97. The van der Waals surface area contributed by atoms with Crippen LogP contribution in [0.15, 0.2) is 30.5 Å². The molecule has 3 nitrogen and oxygen atoms in total. The third-order valence-corrected chi connectivity index (χ3v) is 3.23. The largest absolute Gasteiger partial charge is 0.437 e. The number of aryl methyl sites for hydroxylation is 2. The van der Waals surface area contributed by atoms with Crippen LogP contribution in [0.4, 0.5) is 0 Å². The summed E-state index contributed by atoms with van der Waals surface area (Å²) in [4.78, 5) is 4.35.